The Morgan fingerprint density at radius 3 is 2.15 bits per heavy atom. The molecule has 1 N–H and O–H groups in total. The fourth-order valence-corrected chi connectivity index (χ4v) is 2.37. The zero-order valence-electron chi connectivity index (χ0n) is 15.0. The number of benzene rings is 2. The Hall–Kier alpha value is -2.95. The number of amides is 1. The molecule has 0 unspecified atom stereocenters. The van der Waals surface area contributed by atoms with Crippen molar-refractivity contribution in [1.29, 1.82) is 0 Å². The third-order valence-corrected chi connectivity index (χ3v) is 3.65. The second kappa shape index (κ2) is 9.51. The first-order valence-electron chi connectivity index (χ1n) is 8.65. The van der Waals surface area contributed by atoms with E-state index in [9.17, 15) is 14.4 Å². The van der Waals surface area contributed by atoms with E-state index in [0.29, 0.717) is 29.7 Å². The van der Waals surface area contributed by atoms with Crippen molar-refractivity contribution >= 4 is 23.3 Å². The molecule has 0 saturated heterocycles. The van der Waals surface area contributed by atoms with E-state index in [0.717, 1.165) is 0 Å². The predicted molar refractivity (Wildman–Crippen MR) is 100 cm³/mol. The molecule has 0 fully saturated rings. The molecule has 26 heavy (non-hydrogen) atoms. The Bertz CT molecular complexity index is 751. The van der Waals surface area contributed by atoms with Gasteiger partial charge in [-0.05, 0) is 44.5 Å². The van der Waals surface area contributed by atoms with Gasteiger partial charge in [0, 0.05) is 24.1 Å². The zero-order chi connectivity index (χ0) is 18.9. The topological polar surface area (TPSA) is 72.5 Å². The molecular formula is C21H23NO4. The standard InChI is InChI=1S/C21H23NO4/c1-15(2)26-21(25)17-11-13-18(14-12-17)22-20(24)10-6-9-19(23)16-7-4-3-5-8-16/h3-5,7-8,11-15H,6,9-10H2,1-2H3,(H,22,24). The van der Waals surface area contributed by atoms with Crippen molar-refractivity contribution in [2.45, 2.75) is 39.2 Å². The van der Waals surface area contributed by atoms with Crippen LogP contribution in [0.15, 0.2) is 54.6 Å². The average molecular weight is 353 g/mol. The molecule has 0 aliphatic rings. The van der Waals surface area contributed by atoms with E-state index >= 15 is 0 Å². The van der Waals surface area contributed by atoms with Gasteiger partial charge in [-0.15, -0.1) is 0 Å². The van der Waals surface area contributed by atoms with Crippen LogP contribution in [0.3, 0.4) is 0 Å². The Morgan fingerprint density at radius 2 is 1.54 bits per heavy atom. The first-order chi connectivity index (χ1) is 12.5. The quantitative estimate of drug-likeness (QED) is 0.569. The van der Waals surface area contributed by atoms with E-state index < -0.39 is 5.97 Å². The SMILES string of the molecule is CC(C)OC(=O)c1ccc(NC(=O)CCCC(=O)c2ccccc2)cc1. The highest BCUT2D eigenvalue weighted by atomic mass is 16.5. The lowest BCUT2D eigenvalue weighted by Gasteiger charge is -2.09. The van der Waals surface area contributed by atoms with E-state index in [1.807, 2.05) is 18.2 Å². The molecule has 0 radical (unpaired) electrons. The first kappa shape index (κ1) is 19.4. The van der Waals surface area contributed by atoms with Crippen LogP contribution < -0.4 is 5.32 Å². The molecule has 5 nitrogen and oxygen atoms in total. The number of ketones is 1. The van der Waals surface area contributed by atoms with Crippen molar-refractivity contribution < 1.29 is 19.1 Å². The van der Waals surface area contributed by atoms with Gasteiger partial charge in [-0.25, -0.2) is 4.79 Å². The Labute approximate surface area is 153 Å². The van der Waals surface area contributed by atoms with Gasteiger partial charge in [-0.2, -0.15) is 0 Å². The number of Topliss-reactive ketones (excluding diaryl/α,β-unsaturated/α-hetero) is 1. The summed E-state index contributed by atoms with van der Waals surface area (Å²) in [5.74, 6) is -0.521. The number of anilines is 1. The van der Waals surface area contributed by atoms with Gasteiger partial charge in [0.1, 0.15) is 0 Å². The Balaban J connectivity index is 1.77. The monoisotopic (exact) mass is 353 g/mol. The molecular weight excluding hydrogens is 330 g/mol. The van der Waals surface area contributed by atoms with Gasteiger partial charge in [0.05, 0.1) is 11.7 Å². The summed E-state index contributed by atoms with van der Waals surface area (Å²) in [4.78, 5) is 35.7. The lowest BCUT2D eigenvalue weighted by atomic mass is 10.1. The molecule has 2 aromatic carbocycles. The summed E-state index contributed by atoms with van der Waals surface area (Å²) < 4.78 is 5.11. The summed E-state index contributed by atoms with van der Waals surface area (Å²) in [6.45, 7) is 3.57. The lowest BCUT2D eigenvalue weighted by Crippen LogP contribution is -2.13. The molecule has 1 amide bonds. The van der Waals surface area contributed by atoms with Gasteiger partial charge < -0.3 is 10.1 Å². The van der Waals surface area contributed by atoms with Crippen LogP contribution in [-0.4, -0.2) is 23.8 Å². The van der Waals surface area contributed by atoms with Gasteiger partial charge >= 0.3 is 5.97 Å². The number of hydrogen-bond acceptors (Lipinski definition) is 4. The van der Waals surface area contributed by atoms with Gasteiger partial charge in [0.25, 0.3) is 0 Å². The van der Waals surface area contributed by atoms with Gasteiger partial charge in [0.2, 0.25) is 5.91 Å². The Kier molecular flexibility index (Phi) is 7.09. The minimum Gasteiger partial charge on any atom is -0.459 e. The zero-order valence-corrected chi connectivity index (χ0v) is 15.0. The number of rotatable bonds is 8. The van der Waals surface area contributed by atoms with Crippen molar-refractivity contribution in [2.75, 3.05) is 5.32 Å². The van der Waals surface area contributed by atoms with Crippen molar-refractivity contribution in [3.05, 3.63) is 65.7 Å². The van der Waals surface area contributed by atoms with Crippen molar-refractivity contribution in [2.24, 2.45) is 0 Å². The van der Waals surface area contributed by atoms with Crippen LogP contribution in [0, 0.1) is 0 Å². The highest BCUT2D eigenvalue weighted by Gasteiger charge is 2.10. The summed E-state index contributed by atoms with van der Waals surface area (Å²) in [5.41, 5.74) is 1.70. The summed E-state index contributed by atoms with van der Waals surface area (Å²) in [6, 6.07) is 15.6. The molecule has 0 aliphatic heterocycles. The molecule has 2 aromatic rings. The Morgan fingerprint density at radius 1 is 0.885 bits per heavy atom. The van der Waals surface area contributed by atoms with E-state index in [1.165, 1.54) is 0 Å². The van der Waals surface area contributed by atoms with E-state index in [-0.39, 0.29) is 24.2 Å². The molecule has 136 valence electrons. The fourth-order valence-electron chi connectivity index (χ4n) is 2.37. The number of carbonyl (C=O) groups excluding carboxylic acids is 3. The molecule has 0 bridgehead atoms. The van der Waals surface area contributed by atoms with Crippen LogP contribution in [0.4, 0.5) is 5.69 Å². The van der Waals surface area contributed by atoms with Crippen LogP contribution >= 0.6 is 0 Å². The number of ether oxygens (including phenoxy) is 1. The molecule has 0 spiro atoms. The average Bonchev–Trinajstić information content (AvgIpc) is 2.62. The van der Waals surface area contributed by atoms with Gasteiger partial charge in [-0.1, -0.05) is 30.3 Å². The first-order valence-corrected chi connectivity index (χ1v) is 8.65. The molecule has 0 atom stereocenters. The maximum absolute atomic E-state index is 12.0. The van der Waals surface area contributed by atoms with E-state index in [1.54, 1.807) is 50.2 Å². The molecule has 0 saturated carbocycles. The minimum atomic E-state index is -0.391. The number of carbonyl (C=O) groups is 3. The van der Waals surface area contributed by atoms with Crippen molar-refractivity contribution in [1.82, 2.24) is 0 Å². The number of hydrogen-bond donors (Lipinski definition) is 1. The van der Waals surface area contributed by atoms with Gasteiger partial charge in [0.15, 0.2) is 5.78 Å². The molecule has 0 heterocycles. The van der Waals surface area contributed by atoms with Crippen molar-refractivity contribution in [3.63, 3.8) is 0 Å². The minimum absolute atomic E-state index is 0.0337. The van der Waals surface area contributed by atoms with Crippen LogP contribution in [-0.2, 0) is 9.53 Å². The molecule has 0 aliphatic carbocycles. The lowest BCUT2D eigenvalue weighted by molar-refractivity contribution is -0.116. The second-order valence-corrected chi connectivity index (χ2v) is 6.22. The molecule has 0 aromatic heterocycles. The molecule has 5 heteroatoms. The van der Waals surface area contributed by atoms with Crippen LogP contribution in [0.5, 0.6) is 0 Å². The summed E-state index contributed by atoms with van der Waals surface area (Å²) in [5, 5.41) is 2.76. The largest absolute Gasteiger partial charge is 0.459 e. The highest BCUT2D eigenvalue weighted by molar-refractivity contribution is 5.97. The third-order valence-electron chi connectivity index (χ3n) is 3.65. The highest BCUT2D eigenvalue weighted by Crippen LogP contribution is 2.13. The predicted octanol–water partition coefficient (Wildman–Crippen LogP) is 4.24. The smallest absolute Gasteiger partial charge is 0.338 e. The third kappa shape index (κ3) is 6.16. The number of nitrogens with one attached hydrogen (secondary N) is 1. The summed E-state index contributed by atoms with van der Waals surface area (Å²) in [7, 11) is 0. The van der Waals surface area contributed by atoms with Crippen molar-refractivity contribution in [3.8, 4) is 0 Å². The fraction of sp³-hybridized carbons (Fsp3) is 0.286. The second-order valence-electron chi connectivity index (χ2n) is 6.22. The van der Waals surface area contributed by atoms with Gasteiger partial charge in [-0.3, -0.25) is 9.59 Å². The molecule has 2 rings (SSSR count). The maximum Gasteiger partial charge on any atom is 0.338 e. The van der Waals surface area contributed by atoms with Crippen LogP contribution in [0.2, 0.25) is 0 Å². The normalized spacial score (nSPS) is 10.4. The van der Waals surface area contributed by atoms with Crippen LogP contribution in [0.25, 0.3) is 0 Å². The summed E-state index contributed by atoms with van der Waals surface area (Å²) in [6.07, 6.45) is 0.895. The van der Waals surface area contributed by atoms with Crippen LogP contribution in [0.1, 0.15) is 53.8 Å². The number of esters is 1. The van der Waals surface area contributed by atoms with E-state index in [2.05, 4.69) is 5.32 Å². The maximum atomic E-state index is 12.0. The van der Waals surface area contributed by atoms with E-state index in [4.69, 9.17) is 4.74 Å². The summed E-state index contributed by atoms with van der Waals surface area (Å²) >= 11 is 0.